The number of para-hydroxylation sites is 1. The normalized spacial score (nSPS) is 16.4. The van der Waals surface area contributed by atoms with Crippen LogP contribution in [0.15, 0.2) is 53.5 Å². The van der Waals surface area contributed by atoms with Gasteiger partial charge in [-0.15, -0.1) is 0 Å². The summed E-state index contributed by atoms with van der Waals surface area (Å²) in [6.07, 6.45) is 0.0346. The third kappa shape index (κ3) is 2.86. The molecule has 1 N–H and O–H groups in total. The maximum atomic E-state index is 13.2. The number of hydrogen-bond acceptors (Lipinski definition) is 5. The number of imidazole rings is 1. The maximum Gasteiger partial charge on any atom is 0.292 e. The third-order valence-corrected chi connectivity index (χ3v) is 5.08. The number of rotatable bonds is 3. The molecule has 4 aromatic rings. The molecule has 7 nitrogen and oxygen atoms in total. The second kappa shape index (κ2) is 6.77. The van der Waals surface area contributed by atoms with Crippen LogP contribution < -0.4 is 0 Å². The molecule has 5 rings (SSSR count). The zero-order valence-corrected chi connectivity index (χ0v) is 15.0. The Labute approximate surface area is 163 Å². The van der Waals surface area contributed by atoms with E-state index >= 15 is 0 Å². The number of carbonyl (C=O) groups is 1. The molecule has 0 bridgehead atoms. The molecule has 1 aliphatic heterocycles. The Kier molecular flexibility index (Phi) is 4.08. The van der Waals surface area contributed by atoms with Crippen LogP contribution in [-0.2, 0) is 6.42 Å². The zero-order valence-electron chi connectivity index (χ0n) is 15.0. The summed E-state index contributed by atoms with van der Waals surface area (Å²) in [7, 11) is 0. The van der Waals surface area contributed by atoms with Crippen molar-refractivity contribution >= 4 is 16.8 Å². The summed E-state index contributed by atoms with van der Waals surface area (Å²) >= 11 is 0. The standard InChI is InChI=1S/C20H15F2N5O2/c21-19(22)16-18(29-10-25-16)20(28)27-8-7-13-15(24-9-23-13)17(27)14-6-5-11-3-1-2-4-12(11)26-14/h1-6,9-10,17,19H,7-8H2,(H,23,24)/t17-/m0/s1. The minimum atomic E-state index is -2.91. The van der Waals surface area contributed by atoms with Crippen molar-refractivity contribution < 1.29 is 18.0 Å². The van der Waals surface area contributed by atoms with E-state index in [9.17, 15) is 13.6 Å². The fourth-order valence-corrected chi connectivity index (χ4v) is 3.73. The molecule has 0 saturated heterocycles. The Hall–Kier alpha value is -3.62. The van der Waals surface area contributed by atoms with E-state index in [-0.39, 0.29) is 0 Å². The number of alkyl halides is 2. The van der Waals surface area contributed by atoms with E-state index in [4.69, 9.17) is 9.40 Å². The van der Waals surface area contributed by atoms with Crippen molar-refractivity contribution in [3.8, 4) is 0 Å². The predicted octanol–water partition coefficient (Wildman–Crippen LogP) is 3.67. The molecular weight excluding hydrogens is 380 g/mol. The second-order valence-corrected chi connectivity index (χ2v) is 6.71. The first-order valence-electron chi connectivity index (χ1n) is 9.04. The highest BCUT2D eigenvalue weighted by molar-refractivity contribution is 5.93. The van der Waals surface area contributed by atoms with Gasteiger partial charge in [-0.25, -0.2) is 18.7 Å². The molecular formula is C20H15F2N5O2. The number of fused-ring (bicyclic) bond motifs is 2. The molecule has 0 fully saturated rings. The lowest BCUT2D eigenvalue weighted by atomic mass is 9.98. The second-order valence-electron chi connectivity index (χ2n) is 6.71. The van der Waals surface area contributed by atoms with E-state index in [1.54, 1.807) is 6.33 Å². The SMILES string of the molecule is O=C(c1ocnc1C(F)F)N1CCc2[nH]cnc2[C@@H]1c1ccc2ccccc2n1. The fourth-order valence-electron chi connectivity index (χ4n) is 3.73. The number of halogens is 2. The Morgan fingerprint density at radius 1 is 1.21 bits per heavy atom. The van der Waals surface area contributed by atoms with Gasteiger partial charge in [-0.1, -0.05) is 24.3 Å². The van der Waals surface area contributed by atoms with Crippen molar-refractivity contribution in [3.63, 3.8) is 0 Å². The summed E-state index contributed by atoms with van der Waals surface area (Å²) in [5.41, 5.74) is 2.25. The first-order chi connectivity index (χ1) is 14.1. The third-order valence-electron chi connectivity index (χ3n) is 5.08. The van der Waals surface area contributed by atoms with Gasteiger partial charge < -0.3 is 14.3 Å². The lowest BCUT2D eigenvalue weighted by molar-refractivity contribution is 0.0639. The highest BCUT2D eigenvalue weighted by Crippen LogP contribution is 2.35. The number of benzene rings is 1. The van der Waals surface area contributed by atoms with E-state index in [1.807, 2.05) is 36.4 Å². The highest BCUT2D eigenvalue weighted by atomic mass is 19.3. The van der Waals surface area contributed by atoms with Crippen LogP contribution in [0.1, 0.15) is 45.8 Å². The molecule has 0 saturated carbocycles. The van der Waals surface area contributed by atoms with Crippen LogP contribution in [0.25, 0.3) is 10.9 Å². The number of oxazole rings is 1. The van der Waals surface area contributed by atoms with Crippen molar-refractivity contribution in [2.24, 2.45) is 0 Å². The number of H-pyrrole nitrogens is 1. The van der Waals surface area contributed by atoms with Gasteiger partial charge in [-0.05, 0) is 12.1 Å². The summed E-state index contributed by atoms with van der Waals surface area (Å²) in [5, 5.41) is 0.961. The molecule has 1 amide bonds. The van der Waals surface area contributed by atoms with Crippen LogP contribution in [0.5, 0.6) is 0 Å². The van der Waals surface area contributed by atoms with Gasteiger partial charge >= 0.3 is 0 Å². The molecule has 1 atom stereocenters. The van der Waals surface area contributed by atoms with E-state index in [0.29, 0.717) is 24.4 Å². The van der Waals surface area contributed by atoms with Gasteiger partial charge in [-0.2, -0.15) is 0 Å². The molecule has 1 aliphatic rings. The van der Waals surface area contributed by atoms with Gasteiger partial charge in [0.1, 0.15) is 6.04 Å². The predicted molar refractivity (Wildman–Crippen MR) is 98.4 cm³/mol. The molecule has 0 aliphatic carbocycles. The Morgan fingerprint density at radius 2 is 2.07 bits per heavy atom. The van der Waals surface area contributed by atoms with Gasteiger partial charge in [0.15, 0.2) is 12.1 Å². The number of aromatic nitrogens is 4. The van der Waals surface area contributed by atoms with E-state index in [1.165, 1.54) is 4.90 Å². The van der Waals surface area contributed by atoms with Crippen LogP contribution >= 0.6 is 0 Å². The van der Waals surface area contributed by atoms with Gasteiger partial charge in [0.25, 0.3) is 12.3 Å². The zero-order chi connectivity index (χ0) is 20.0. The van der Waals surface area contributed by atoms with Gasteiger partial charge in [0.2, 0.25) is 5.76 Å². The Balaban J connectivity index is 1.62. The Bertz CT molecular complexity index is 1200. The molecule has 9 heteroatoms. The summed E-state index contributed by atoms with van der Waals surface area (Å²) in [6.45, 7) is 0.302. The summed E-state index contributed by atoms with van der Waals surface area (Å²) in [6, 6.07) is 10.7. The molecule has 1 aromatic carbocycles. The maximum absolute atomic E-state index is 13.2. The van der Waals surface area contributed by atoms with Crippen LogP contribution in [0.2, 0.25) is 0 Å². The topological polar surface area (TPSA) is 87.9 Å². The van der Waals surface area contributed by atoms with Crippen LogP contribution in [-0.4, -0.2) is 37.3 Å². The molecule has 4 heterocycles. The molecule has 0 spiro atoms. The summed E-state index contributed by atoms with van der Waals surface area (Å²) in [4.78, 5) is 30.3. The molecule has 0 radical (unpaired) electrons. The number of hydrogen-bond donors (Lipinski definition) is 1. The molecule has 3 aromatic heterocycles. The van der Waals surface area contributed by atoms with Crippen LogP contribution in [0.4, 0.5) is 8.78 Å². The smallest absolute Gasteiger partial charge is 0.292 e. The van der Waals surface area contributed by atoms with Crippen molar-refractivity contribution in [3.05, 3.63) is 77.7 Å². The lowest BCUT2D eigenvalue weighted by Gasteiger charge is -2.34. The monoisotopic (exact) mass is 395 g/mol. The van der Waals surface area contributed by atoms with E-state index in [2.05, 4.69) is 15.0 Å². The first kappa shape index (κ1) is 17.5. The number of nitrogens with zero attached hydrogens (tertiary/aromatic N) is 4. The number of aromatic amines is 1. The molecule has 0 unspecified atom stereocenters. The van der Waals surface area contributed by atoms with Crippen molar-refractivity contribution in [2.75, 3.05) is 6.54 Å². The summed E-state index contributed by atoms with van der Waals surface area (Å²) < 4.78 is 31.5. The van der Waals surface area contributed by atoms with Gasteiger partial charge in [-0.3, -0.25) is 9.78 Å². The fraction of sp³-hybridized carbons (Fsp3) is 0.200. The van der Waals surface area contributed by atoms with Crippen LogP contribution in [0.3, 0.4) is 0 Å². The van der Waals surface area contributed by atoms with E-state index < -0.39 is 29.8 Å². The minimum Gasteiger partial charge on any atom is -0.438 e. The quantitative estimate of drug-likeness (QED) is 0.572. The highest BCUT2D eigenvalue weighted by Gasteiger charge is 2.38. The van der Waals surface area contributed by atoms with Crippen molar-refractivity contribution in [2.45, 2.75) is 18.9 Å². The largest absolute Gasteiger partial charge is 0.438 e. The summed E-state index contributed by atoms with van der Waals surface area (Å²) in [5.74, 6) is -1.11. The average molecular weight is 395 g/mol. The first-order valence-corrected chi connectivity index (χ1v) is 9.04. The number of nitrogens with one attached hydrogen (secondary N) is 1. The molecule has 146 valence electrons. The van der Waals surface area contributed by atoms with Gasteiger partial charge in [0.05, 0.1) is 23.2 Å². The van der Waals surface area contributed by atoms with E-state index in [0.717, 1.165) is 23.0 Å². The number of carbonyl (C=O) groups excluding carboxylic acids is 1. The Morgan fingerprint density at radius 3 is 2.93 bits per heavy atom. The number of amides is 1. The van der Waals surface area contributed by atoms with Crippen LogP contribution in [0, 0.1) is 0 Å². The average Bonchev–Trinajstić information content (AvgIpc) is 3.41. The van der Waals surface area contributed by atoms with Crippen molar-refractivity contribution in [1.29, 1.82) is 0 Å². The lowest BCUT2D eigenvalue weighted by Crippen LogP contribution is -2.41. The number of pyridine rings is 1. The van der Waals surface area contributed by atoms with Gasteiger partial charge in [0, 0.05) is 24.0 Å². The van der Waals surface area contributed by atoms with Crippen molar-refractivity contribution in [1.82, 2.24) is 24.8 Å². The minimum absolute atomic E-state index is 0.302. The molecule has 29 heavy (non-hydrogen) atoms.